The molecule has 5 heteroatoms. The van der Waals surface area contributed by atoms with Crippen LogP contribution in [0.25, 0.3) is 0 Å². The van der Waals surface area contributed by atoms with Crippen molar-refractivity contribution in [2.24, 2.45) is 0 Å². The van der Waals surface area contributed by atoms with Gasteiger partial charge in [0.15, 0.2) is 0 Å². The van der Waals surface area contributed by atoms with E-state index in [0.717, 1.165) is 23.8 Å². The number of alkyl halides is 1. The van der Waals surface area contributed by atoms with E-state index < -0.39 is 11.6 Å². The van der Waals surface area contributed by atoms with Gasteiger partial charge in [0.2, 0.25) is 0 Å². The second-order valence-corrected chi connectivity index (χ2v) is 4.56. The molecule has 0 saturated heterocycles. The number of rotatable bonds is 3. The van der Waals surface area contributed by atoms with Crippen molar-refractivity contribution in [2.75, 3.05) is 0 Å². The fourth-order valence-corrected chi connectivity index (χ4v) is 2.31. The quantitative estimate of drug-likeness (QED) is 0.692. The predicted octanol–water partition coefficient (Wildman–Crippen LogP) is 5.31. The summed E-state index contributed by atoms with van der Waals surface area (Å²) >= 11 is 9.29. The van der Waals surface area contributed by atoms with Crippen LogP contribution in [0.2, 0.25) is 5.02 Å². The van der Waals surface area contributed by atoms with Crippen LogP contribution in [0.4, 0.5) is 8.78 Å². The Morgan fingerprint density at radius 2 is 1.67 bits per heavy atom. The Bertz CT molecular complexity index is 555. The Balaban J connectivity index is 2.25. The Labute approximate surface area is 116 Å². The molecule has 0 saturated carbocycles. The van der Waals surface area contributed by atoms with E-state index in [9.17, 15) is 8.78 Å². The van der Waals surface area contributed by atoms with E-state index in [1.165, 1.54) is 0 Å². The molecule has 18 heavy (non-hydrogen) atoms. The van der Waals surface area contributed by atoms with E-state index in [1.807, 2.05) is 0 Å². The molecule has 0 unspecified atom stereocenters. The Hall–Kier alpha value is -1.13. The minimum absolute atomic E-state index is 0.0927. The van der Waals surface area contributed by atoms with Crippen molar-refractivity contribution in [1.29, 1.82) is 0 Å². The molecule has 0 atom stereocenters. The smallest absolute Gasteiger partial charge is 0.133 e. The van der Waals surface area contributed by atoms with Gasteiger partial charge in [0, 0.05) is 28.6 Å². The van der Waals surface area contributed by atoms with Crippen molar-refractivity contribution >= 4 is 27.5 Å². The van der Waals surface area contributed by atoms with E-state index in [4.69, 9.17) is 16.3 Å². The summed E-state index contributed by atoms with van der Waals surface area (Å²) in [4.78, 5) is 0. The fraction of sp³-hybridized carbons (Fsp3) is 0.0769. The van der Waals surface area contributed by atoms with Crippen LogP contribution in [0.1, 0.15) is 5.56 Å². The summed E-state index contributed by atoms with van der Waals surface area (Å²) in [6.45, 7) is 0. The normalized spacial score (nSPS) is 10.4. The van der Waals surface area contributed by atoms with Gasteiger partial charge in [-0.05, 0) is 17.7 Å². The zero-order valence-electron chi connectivity index (χ0n) is 9.09. The summed E-state index contributed by atoms with van der Waals surface area (Å²) in [6, 6.07) is 8.06. The van der Waals surface area contributed by atoms with Crippen LogP contribution in [-0.4, -0.2) is 0 Å². The van der Waals surface area contributed by atoms with E-state index in [2.05, 4.69) is 15.9 Å². The third-order valence-electron chi connectivity index (χ3n) is 2.24. The number of ether oxygens (including phenoxy) is 1. The van der Waals surface area contributed by atoms with Crippen molar-refractivity contribution in [3.63, 3.8) is 0 Å². The van der Waals surface area contributed by atoms with Crippen molar-refractivity contribution in [3.8, 4) is 11.5 Å². The maximum atomic E-state index is 13.0. The minimum Gasteiger partial charge on any atom is -0.457 e. The molecule has 0 fully saturated rings. The van der Waals surface area contributed by atoms with Gasteiger partial charge in [-0.25, -0.2) is 8.78 Å². The van der Waals surface area contributed by atoms with Crippen LogP contribution in [-0.2, 0) is 5.33 Å². The second-order valence-electron chi connectivity index (χ2n) is 3.59. The fourth-order valence-electron chi connectivity index (χ4n) is 1.42. The average Bonchev–Trinajstić information content (AvgIpc) is 2.27. The van der Waals surface area contributed by atoms with E-state index in [1.54, 1.807) is 18.2 Å². The van der Waals surface area contributed by atoms with E-state index >= 15 is 0 Å². The molecule has 2 aromatic rings. The lowest BCUT2D eigenvalue weighted by Gasteiger charge is -2.08. The van der Waals surface area contributed by atoms with Gasteiger partial charge in [0.05, 0.1) is 0 Å². The Morgan fingerprint density at radius 3 is 2.22 bits per heavy atom. The highest BCUT2D eigenvalue weighted by Gasteiger charge is 2.05. The second kappa shape index (κ2) is 5.67. The molecule has 1 nitrogen and oxygen atoms in total. The van der Waals surface area contributed by atoms with Gasteiger partial charge in [0.25, 0.3) is 0 Å². The number of halogens is 4. The number of hydrogen-bond donors (Lipinski definition) is 0. The monoisotopic (exact) mass is 332 g/mol. The van der Waals surface area contributed by atoms with Crippen LogP contribution in [0.5, 0.6) is 11.5 Å². The SMILES string of the molecule is Fc1cc(F)cc(Oc2ccc(CBr)c(Cl)c2)c1. The molecule has 94 valence electrons. The molecule has 2 rings (SSSR count). The molecule has 0 amide bonds. The van der Waals surface area contributed by atoms with Crippen molar-refractivity contribution in [1.82, 2.24) is 0 Å². The first-order chi connectivity index (χ1) is 8.58. The third kappa shape index (κ3) is 3.21. The summed E-state index contributed by atoms with van der Waals surface area (Å²) in [5.74, 6) is -0.855. The molecule has 0 radical (unpaired) electrons. The molecule has 0 aromatic heterocycles. The summed E-state index contributed by atoms with van der Waals surface area (Å²) < 4.78 is 31.3. The molecule has 0 spiro atoms. The van der Waals surface area contributed by atoms with E-state index in [0.29, 0.717) is 16.1 Å². The summed E-state index contributed by atoms with van der Waals surface area (Å²) in [5.41, 5.74) is 0.912. The number of hydrogen-bond acceptors (Lipinski definition) is 1. The highest BCUT2D eigenvalue weighted by atomic mass is 79.9. The predicted molar refractivity (Wildman–Crippen MR) is 70.5 cm³/mol. The van der Waals surface area contributed by atoms with Crippen molar-refractivity contribution in [2.45, 2.75) is 5.33 Å². The molecule has 0 aliphatic heterocycles. The summed E-state index contributed by atoms with van der Waals surface area (Å²) in [5, 5.41) is 1.15. The zero-order chi connectivity index (χ0) is 13.1. The first kappa shape index (κ1) is 13.3. The molecule has 0 aliphatic carbocycles. The van der Waals surface area contributed by atoms with Gasteiger partial charge in [-0.3, -0.25) is 0 Å². The lowest BCUT2D eigenvalue weighted by molar-refractivity contribution is 0.468. The van der Waals surface area contributed by atoms with Gasteiger partial charge in [-0.2, -0.15) is 0 Å². The largest absolute Gasteiger partial charge is 0.457 e. The summed E-state index contributed by atoms with van der Waals surface area (Å²) in [7, 11) is 0. The number of benzene rings is 2. The Morgan fingerprint density at radius 1 is 1.00 bits per heavy atom. The molecule has 0 bridgehead atoms. The first-order valence-electron chi connectivity index (χ1n) is 5.07. The van der Waals surface area contributed by atoms with Gasteiger partial charge < -0.3 is 4.74 Å². The average molecular weight is 334 g/mol. The Kier molecular flexibility index (Phi) is 4.19. The molecule has 0 heterocycles. The maximum absolute atomic E-state index is 13.0. The first-order valence-corrected chi connectivity index (χ1v) is 6.57. The van der Waals surface area contributed by atoms with Gasteiger partial charge in [0.1, 0.15) is 23.1 Å². The molecule has 0 N–H and O–H groups in total. The van der Waals surface area contributed by atoms with Crippen LogP contribution in [0.3, 0.4) is 0 Å². The van der Waals surface area contributed by atoms with Gasteiger partial charge >= 0.3 is 0 Å². The highest BCUT2D eigenvalue weighted by molar-refractivity contribution is 9.08. The lowest BCUT2D eigenvalue weighted by Crippen LogP contribution is -1.89. The van der Waals surface area contributed by atoms with Crippen molar-refractivity contribution < 1.29 is 13.5 Å². The van der Waals surface area contributed by atoms with Crippen molar-refractivity contribution in [3.05, 3.63) is 58.6 Å². The van der Waals surface area contributed by atoms with Crippen LogP contribution in [0.15, 0.2) is 36.4 Å². The lowest BCUT2D eigenvalue weighted by atomic mass is 10.2. The molecule has 0 aliphatic rings. The third-order valence-corrected chi connectivity index (χ3v) is 3.20. The maximum Gasteiger partial charge on any atom is 0.133 e. The highest BCUT2D eigenvalue weighted by Crippen LogP contribution is 2.28. The molecular weight excluding hydrogens is 325 g/mol. The van der Waals surface area contributed by atoms with Gasteiger partial charge in [-0.1, -0.05) is 33.6 Å². The van der Waals surface area contributed by atoms with Crippen LogP contribution >= 0.6 is 27.5 Å². The topological polar surface area (TPSA) is 9.23 Å². The molecule has 2 aromatic carbocycles. The van der Waals surface area contributed by atoms with Gasteiger partial charge in [-0.15, -0.1) is 0 Å². The molecular formula is C13H8BrClF2O. The van der Waals surface area contributed by atoms with Crippen LogP contribution < -0.4 is 4.74 Å². The standard InChI is InChI=1S/C13H8BrClF2O/c14-7-8-1-2-11(6-13(8)15)18-12-4-9(16)3-10(17)5-12/h1-6H,7H2. The van der Waals surface area contributed by atoms with E-state index in [-0.39, 0.29) is 5.75 Å². The minimum atomic E-state index is -0.687. The zero-order valence-corrected chi connectivity index (χ0v) is 11.4. The van der Waals surface area contributed by atoms with Crippen LogP contribution in [0, 0.1) is 11.6 Å². The summed E-state index contributed by atoms with van der Waals surface area (Å²) in [6.07, 6.45) is 0.